The van der Waals surface area contributed by atoms with Gasteiger partial charge in [0.25, 0.3) is 5.91 Å². The van der Waals surface area contributed by atoms with Gasteiger partial charge < -0.3 is 20.3 Å². The van der Waals surface area contributed by atoms with Crippen molar-refractivity contribution in [3.05, 3.63) is 12.4 Å². The smallest absolute Gasteiger partial charge is 0.252 e. The minimum absolute atomic E-state index is 0. The van der Waals surface area contributed by atoms with Gasteiger partial charge in [-0.1, -0.05) is 0 Å². The molecule has 3 rings (SSSR count). The molecule has 2 N–H and O–H groups in total. The van der Waals surface area contributed by atoms with Crippen molar-refractivity contribution in [1.82, 2.24) is 14.7 Å². The lowest BCUT2D eigenvalue weighted by Gasteiger charge is -2.34. The maximum atomic E-state index is 12.4. The van der Waals surface area contributed by atoms with Gasteiger partial charge in [0, 0.05) is 32.9 Å². The van der Waals surface area contributed by atoms with E-state index in [1.54, 1.807) is 33.9 Å². The molecular weight excluding hydrogens is 322 g/mol. The average molecular weight is 344 g/mol. The summed E-state index contributed by atoms with van der Waals surface area (Å²) in [4.78, 5) is 28.0. The van der Waals surface area contributed by atoms with E-state index < -0.39 is 6.10 Å². The highest BCUT2D eigenvalue weighted by Crippen LogP contribution is 2.22. The zero-order valence-electron chi connectivity index (χ0n) is 13.1. The van der Waals surface area contributed by atoms with Crippen LogP contribution in [0.4, 0.5) is 5.69 Å². The Morgan fingerprint density at radius 2 is 2.22 bits per heavy atom. The molecule has 2 aliphatic rings. The van der Waals surface area contributed by atoms with E-state index in [4.69, 9.17) is 10.5 Å². The van der Waals surface area contributed by atoms with Crippen LogP contribution in [0.2, 0.25) is 0 Å². The van der Waals surface area contributed by atoms with Crippen molar-refractivity contribution >= 4 is 29.9 Å². The fraction of sp³-hybridized carbons (Fsp3) is 0.643. The van der Waals surface area contributed by atoms with Crippen molar-refractivity contribution in [1.29, 1.82) is 0 Å². The number of carbonyl (C=O) groups excluding carboxylic acids is 2. The molecule has 0 spiro atoms. The van der Waals surface area contributed by atoms with Gasteiger partial charge in [0.2, 0.25) is 5.91 Å². The van der Waals surface area contributed by atoms with Gasteiger partial charge in [-0.05, 0) is 12.8 Å². The van der Waals surface area contributed by atoms with Crippen molar-refractivity contribution in [3.63, 3.8) is 0 Å². The normalized spacial score (nSPS) is 24.7. The molecule has 1 aromatic heterocycles. The van der Waals surface area contributed by atoms with E-state index in [0.29, 0.717) is 26.1 Å². The van der Waals surface area contributed by atoms with Crippen molar-refractivity contribution in [2.45, 2.75) is 25.0 Å². The molecule has 0 saturated carbocycles. The van der Waals surface area contributed by atoms with E-state index >= 15 is 0 Å². The number of hydrogen-bond acceptors (Lipinski definition) is 5. The van der Waals surface area contributed by atoms with Crippen LogP contribution in [-0.2, 0) is 21.4 Å². The summed E-state index contributed by atoms with van der Waals surface area (Å²) in [5.41, 5.74) is 6.33. The van der Waals surface area contributed by atoms with Crippen molar-refractivity contribution in [2.24, 2.45) is 12.8 Å². The van der Waals surface area contributed by atoms with E-state index in [2.05, 4.69) is 5.10 Å². The first-order valence-corrected chi connectivity index (χ1v) is 7.52. The standard InChI is InChI=1S/C14H21N5O3.ClH/c1-17-8-10(7-16-17)19-5-4-18(9-13(19)20)14(21)12-3-2-11(6-15)22-12;/h7-8,11-12H,2-6,9,15H2,1H3;1H/t11-,12+;/m1./s1. The first-order valence-electron chi connectivity index (χ1n) is 7.52. The number of anilines is 1. The number of piperazine rings is 1. The minimum atomic E-state index is -0.453. The number of aromatic nitrogens is 2. The summed E-state index contributed by atoms with van der Waals surface area (Å²) in [6.45, 7) is 1.49. The van der Waals surface area contributed by atoms with Crippen LogP contribution in [0.5, 0.6) is 0 Å². The highest BCUT2D eigenvalue weighted by molar-refractivity contribution is 5.98. The van der Waals surface area contributed by atoms with Gasteiger partial charge in [-0.25, -0.2) is 0 Å². The lowest BCUT2D eigenvalue weighted by molar-refractivity contribution is -0.146. The third kappa shape index (κ3) is 3.65. The van der Waals surface area contributed by atoms with Crippen molar-refractivity contribution < 1.29 is 14.3 Å². The van der Waals surface area contributed by atoms with Crippen LogP contribution in [0, 0.1) is 0 Å². The van der Waals surface area contributed by atoms with E-state index in [-0.39, 0.29) is 36.9 Å². The zero-order chi connectivity index (χ0) is 15.7. The van der Waals surface area contributed by atoms with E-state index in [1.165, 1.54) is 0 Å². The van der Waals surface area contributed by atoms with Gasteiger partial charge in [0.1, 0.15) is 12.6 Å². The lowest BCUT2D eigenvalue weighted by Crippen LogP contribution is -2.54. The molecule has 2 saturated heterocycles. The Hall–Kier alpha value is -1.64. The van der Waals surface area contributed by atoms with Crippen LogP contribution in [0.15, 0.2) is 12.4 Å². The molecule has 2 fully saturated rings. The molecule has 0 bridgehead atoms. The Labute approximate surface area is 140 Å². The number of carbonyl (C=O) groups is 2. The number of ether oxygens (including phenoxy) is 1. The second-order valence-electron chi connectivity index (χ2n) is 5.74. The van der Waals surface area contributed by atoms with E-state index in [9.17, 15) is 9.59 Å². The van der Waals surface area contributed by atoms with Crippen molar-refractivity contribution in [3.8, 4) is 0 Å². The Kier molecular flexibility index (Phi) is 5.61. The third-order valence-corrected chi connectivity index (χ3v) is 4.18. The van der Waals surface area contributed by atoms with Crippen molar-refractivity contribution in [2.75, 3.05) is 31.1 Å². The predicted molar refractivity (Wildman–Crippen MR) is 86.3 cm³/mol. The second-order valence-corrected chi connectivity index (χ2v) is 5.74. The molecule has 0 aromatic carbocycles. The molecule has 9 heteroatoms. The Morgan fingerprint density at radius 1 is 1.43 bits per heavy atom. The molecule has 0 unspecified atom stereocenters. The minimum Gasteiger partial charge on any atom is -0.364 e. The van der Waals surface area contributed by atoms with Gasteiger partial charge in [-0.15, -0.1) is 12.4 Å². The van der Waals surface area contributed by atoms with Gasteiger partial charge >= 0.3 is 0 Å². The molecule has 3 heterocycles. The highest BCUT2D eigenvalue weighted by Gasteiger charge is 2.36. The number of halogens is 1. The highest BCUT2D eigenvalue weighted by atomic mass is 35.5. The molecule has 1 aromatic rings. The average Bonchev–Trinajstić information content (AvgIpc) is 3.15. The Balaban J connectivity index is 0.00000192. The Morgan fingerprint density at radius 3 is 2.78 bits per heavy atom. The molecule has 0 aliphatic carbocycles. The third-order valence-electron chi connectivity index (χ3n) is 4.18. The quantitative estimate of drug-likeness (QED) is 0.800. The number of rotatable bonds is 3. The molecule has 2 aliphatic heterocycles. The maximum Gasteiger partial charge on any atom is 0.252 e. The molecule has 2 atom stereocenters. The number of nitrogens with zero attached hydrogens (tertiary/aromatic N) is 4. The number of hydrogen-bond donors (Lipinski definition) is 1. The van der Waals surface area contributed by atoms with Gasteiger partial charge in [-0.2, -0.15) is 5.10 Å². The first-order chi connectivity index (χ1) is 10.6. The molecule has 2 amide bonds. The lowest BCUT2D eigenvalue weighted by atomic mass is 10.1. The maximum absolute atomic E-state index is 12.4. The molecule has 0 radical (unpaired) electrons. The summed E-state index contributed by atoms with van der Waals surface area (Å²) in [5.74, 6) is -0.198. The number of aryl methyl sites for hydroxylation is 1. The zero-order valence-corrected chi connectivity index (χ0v) is 13.9. The van der Waals surface area contributed by atoms with Crippen LogP contribution in [0.3, 0.4) is 0 Å². The fourth-order valence-corrected chi connectivity index (χ4v) is 2.95. The van der Waals surface area contributed by atoms with Crippen LogP contribution in [0.1, 0.15) is 12.8 Å². The van der Waals surface area contributed by atoms with E-state index in [1.807, 2.05) is 0 Å². The summed E-state index contributed by atoms with van der Waals surface area (Å²) < 4.78 is 7.27. The number of nitrogens with two attached hydrogens (primary N) is 1. The van der Waals surface area contributed by atoms with Gasteiger partial charge in [-0.3, -0.25) is 14.3 Å². The molecule has 128 valence electrons. The predicted octanol–water partition coefficient (Wildman–Crippen LogP) is -0.477. The topological polar surface area (TPSA) is 93.7 Å². The van der Waals surface area contributed by atoms with Crippen LogP contribution in [-0.4, -0.2) is 64.9 Å². The summed E-state index contributed by atoms with van der Waals surface area (Å²) in [6.07, 6.45) is 4.43. The Bertz CT molecular complexity index is 579. The molecule has 23 heavy (non-hydrogen) atoms. The summed E-state index contributed by atoms with van der Waals surface area (Å²) >= 11 is 0. The summed E-state index contributed by atoms with van der Waals surface area (Å²) in [6, 6.07) is 0. The molecule has 8 nitrogen and oxygen atoms in total. The largest absolute Gasteiger partial charge is 0.364 e. The van der Waals surface area contributed by atoms with E-state index in [0.717, 1.165) is 12.1 Å². The van der Waals surface area contributed by atoms with Crippen LogP contribution < -0.4 is 10.6 Å². The monoisotopic (exact) mass is 343 g/mol. The summed E-state index contributed by atoms with van der Waals surface area (Å²) in [5, 5.41) is 4.07. The van der Waals surface area contributed by atoms with Crippen LogP contribution in [0.25, 0.3) is 0 Å². The molecular formula is C14H22ClN5O3. The first kappa shape index (κ1) is 17.7. The SMILES string of the molecule is Cl.Cn1cc(N2CCN(C(=O)[C@@H]3CC[C@H](CN)O3)CC2=O)cn1. The van der Waals surface area contributed by atoms with Gasteiger partial charge in [0.15, 0.2) is 0 Å². The van der Waals surface area contributed by atoms with Crippen LogP contribution >= 0.6 is 12.4 Å². The fourth-order valence-electron chi connectivity index (χ4n) is 2.95. The van der Waals surface area contributed by atoms with Gasteiger partial charge in [0.05, 0.1) is 18.0 Å². The summed E-state index contributed by atoms with van der Waals surface area (Å²) in [7, 11) is 1.80. The number of amides is 2. The second kappa shape index (κ2) is 7.29.